The van der Waals surface area contributed by atoms with Crippen LogP contribution in [0.4, 0.5) is 0 Å². The molecule has 0 aliphatic carbocycles. The van der Waals surface area contributed by atoms with Gasteiger partial charge in [0.15, 0.2) is 11.5 Å². The fraction of sp³-hybridized carbons (Fsp3) is 0.286. The highest BCUT2D eigenvalue weighted by atomic mass is 16.5. The Labute approximate surface area is 116 Å². The summed E-state index contributed by atoms with van der Waals surface area (Å²) in [7, 11) is 1.81. The van der Waals surface area contributed by atoms with Gasteiger partial charge in [-0.2, -0.15) is 5.10 Å². The van der Waals surface area contributed by atoms with E-state index in [1.54, 1.807) is 30.1 Å². The molecule has 106 valence electrons. The lowest BCUT2D eigenvalue weighted by Gasteiger charge is -2.13. The quantitative estimate of drug-likeness (QED) is 0.874. The van der Waals surface area contributed by atoms with Crippen LogP contribution >= 0.6 is 0 Å². The summed E-state index contributed by atoms with van der Waals surface area (Å²) in [6.07, 6.45) is 1.80. The van der Waals surface area contributed by atoms with Gasteiger partial charge in [0.05, 0.1) is 12.3 Å². The zero-order chi connectivity index (χ0) is 14.5. The number of benzene rings is 1. The van der Waals surface area contributed by atoms with Crippen LogP contribution in [0.15, 0.2) is 30.5 Å². The third-order valence-corrected chi connectivity index (χ3v) is 2.64. The van der Waals surface area contributed by atoms with E-state index < -0.39 is 5.97 Å². The number of carbonyl (C=O) groups is 1. The fourth-order valence-electron chi connectivity index (χ4n) is 1.79. The van der Waals surface area contributed by atoms with Crippen molar-refractivity contribution in [2.45, 2.75) is 13.5 Å². The summed E-state index contributed by atoms with van der Waals surface area (Å²) < 4.78 is 12.7. The number of aromatic carboxylic acids is 1. The van der Waals surface area contributed by atoms with Gasteiger partial charge in [-0.25, -0.2) is 4.79 Å². The lowest BCUT2D eigenvalue weighted by Crippen LogP contribution is -2.06. The average molecular weight is 276 g/mol. The molecule has 0 amide bonds. The SMILES string of the molecule is CCOc1cccc(C(=O)O)c1OCc1ccn(C)n1. The van der Waals surface area contributed by atoms with E-state index in [1.165, 1.54) is 6.07 Å². The van der Waals surface area contributed by atoms with Gasteiger partial charge in [-0.1, -0.05) is 6.07 Å². The lowest BCUT2D eigenvalue weighted by molar-refractivity contribution is 0.0690. The highest BCUT2D eigenvalue weighted by Gasteiger charge is 2.17. The van der Waals surface area contributed by atoms with Crippen LogP contribution in [0.2, 0.25) is 0 Å². The monoisotopic (exact) mass is 276 g/mol. The average Bonchev–Trinajstić information content (AvgIpc) is 2.83. The third kappa shape index (κ3) is 3.09. The summed E-state index contributed by atoms with van der Waals surface area (Å²) >= 11 is 0. The highest BCUT2D eigenvalue weighted by molar-refractivity contribution is 5.92. The summed E-state index contributed by atoms with van der Waals surface area (Å²) in [6.45, 7) is 2.45. The van der Waals surface area contributed by atoms with E-state index in [9.17, 15) is 9.90 Å². The number of hydrogen-bond donors (Lipinski definition) is 1. The van der Waals surface area contributed by atoms with Crippen molar-refractivity contribution >= 4 is 5.97 Å². The smallest absolute Gasteiger partial charge is 0.339 e. The van der Waals surface area contributed by atoms with E-state index >= 15 is 0 Å². The largest absolute Gasteiger partial charge is 0.490 e. The van der Waals surface area contributed by atoms with Gasteiger partial charge in [-0.05, 0) is 25.1 Å². The van der Waals surface area contributed by atoms with E-state index in [-0.39, 0.29) is 17.9 Å². The first-order valence-electron chi connectivity index (χ1n) is 6.22. The minimum atomic E-state index is -1.05. The Kier molecular flexibility index (Phi) is 4.24. The number of rotatable bonds is 6. The fourth-order valence-corrected chi connectivity index (χ4v) is 1.79. The molecule has 0 saturated carbocycles. The van der Waals surface area contributed by atoms with Crippen LogP contribution in [0.1, 0.15) is 23.0 Å². The third-order valence-electron chi connectivity index (χ3n) is 2.64. The van der Waals surface area contributed by atoms with Gasteiger partial charge in [0.2, 0.25) is 0 Å². The Morgan fingerprint density at radius 3 is 2.75 bits per heavy atom. The normalized spacial score (nSPS) is 10.3. The van der Waals surface area contributed by atoms with Crippen molar-refractivity contribution in [2.24, 2.45) is 7.05 Å². The van der Waals surface area contributed by atoms with Gasteiger partial charge in [-0.3, -0.25) is 4.68 Å². The Balaban J connectivity index is 2.25. The number of aryl methyl sites for hydroxylation is 1. The summed E-state index contributed by atoms with van der Waals surface area (Å²) in [6, 6.07) is 6.61. The van der Waals surface area contributed by atoms with E-state index in [0.717, 1.165) is 5.69 Å². The molecule has 0 radical (unpaired) electrons. The number of carboxylic acids is 1. The first kappa shape index (κ1) is 13.9. The first-order valence-corrected chi connectivity index (χ1v) is 6.22. The lowest BCUT2D eigenvalue weighted by atomic mass is 10.2. The van der Waals surface area contributed by atoms with Crippen molar-refractivity contribution < 1.29 is 19.4 Å². The van der Waals surface area contributed by atoms with Crippen molar-refractivity contribution in [3.63, 3.8) is 0 Å². The van der Waals surface area contributed by atoms with Gasteiger partial charge in [-0.15, -0.1) is 0 Å². The molecule has 1 N–H and O–H groups in total. The highest BCUT2D eigenvalue weighted by Crippen LogP contribution is 2.32. The molecule has 0 fully saturated rings. The number of hydrogen-bond acceptors (Lipinski definition) is 4. The molecule has 0 bridgehead atoms. The Morgan fingerprint density at radius 1 is 1.35 bits per heavy atom. The van der Waals surface area contributed by atoms with E-state index in [2.05, 4.69) is 5.10 Å². The minimum absolute atomic E-state index is 0.0758. The molecule has 0 spiro atoms. The molecular formula is C14H16N2O4. The van der Waals surface area contributed by atoms with Gasteiger partial charge in [0, 0.05) is 13.2 Å². The molecule has 0 aliphatic heterocycles. The van der Waals surface area contributed by atoms with Crippen LogP contribution in [0.5, 0.6) is 11.5 Å². The van der Waals surface area contributed by atoms with Crippen molar-refractivity contribution in [2.75, 3.05) is 6.61 Å². The molecule has 20 heavy (non-hydrogen) atoms. The maximum atomic E-state index is 11.2. The zero-order valence-corrected chi connectivity index (χ0v) is 11.4. The standard InChI is InChI=1S/C14H16N2O4/c1-3-19-12-6-4-5-11(14(17)18)13(12)20-9-10-7-8-16(2)15-10/h4-8H,3,9H2,1-2H3,(H,17,18). The van der Waals surface area contributed by atoms with Crippen LogP contribution < -0.4 is 9.47 Å². The molecule has 2 rings (SSSR count). The molecular weight excluding hydrogens is 260 g/mol. The maximum absolute atomic E-state index is 11.2. The molecule has 0 unspecified atom stereocenters. The van der Waals surface area contributed by atoms with Gasteiger partial charge < -0.3 is 14.6 Å². The van der Waals surface area contributed by atoms with Crippen LogP contribution in [0, 0.1) is 0 Å². The number of ether oxygens (including phenoxy) is 2. The van der Waals surface area contributed by atoms with Crippen molar-refractivity contribution in [3.05, 3.63) is 41.7 Å². The topological polar surface area (TPSA) is 73.6 Å². The van der Waals surface area contributed by atoms with E-state index in [4.69, 9.17) is 9.47 Å². The second-order valence-corrected chi connectivity index (χ2v) is 4.14. The molecule has 1 aromatic carbocycles. The van der Waals surface area contributed by atoms with Crippen molar-refractivity contribution in [3.8, 4) is 11.5 Å². The van der Waals surface area contributed by atoms with Crippen LogP contribution in [-0.4, -0.2) is 27.5 Å². The molecule has 2 aromatic rings. The second kappa shape index (κ2) is 6.10. The van der Waals surface area contributed by atoms with E-state index in [1.807, 2.05) is 13.0 Å². The molecule has 6 heteroatoms. The van der Waals surface area contributed by atoms with Gasteiger partial charge >= 0.3 is 5.97 Å². The summed E-state index contributed by atoms with van der Waals surface area (Å²) in [4.78, 5) is 11.2. The Bertz CT molecular complexity index is 607. The summed E-state index contributed by atoms with van der Waals surface area (Å²) in [5, 5.41) is 13.4. The maximum Gasteiger partial charge on any atom is 0.339 e. The number of nitrogens with zero attached hydrogens (tertiary/aromatic N) is 2. The van der Waals surface area contributed by atoms with Crippen LogP contribution in [0.3, 0.4) is 0 Å². The van der Waals surface area contributed by atoms with Crippen LogP contribution in [-0.2, 0) is 13.7 Å². The zero-order valence-electron chi connectivity index (χ0n) is 11.4. The second-order valence-electron chi connectivity index (χ2n) is 4.14. The molecule has 1 aromatic heterocycles. The molecule has 0 saturated heterocycles. The van der Waals surface area contributed by atoms with Crippen molar-refractivity contribution in [1.29, 1.82) is 0 Å². The number of para-hydroxylation sites is 1. The van der Waals surface area contributed by atoms with Gasteiger partial charge in [0.1, 0.15) is 12.2 Å². The minimum Gasteiger partial charge on any atom is -0.490 e. The molecule has 0 atom stereocenters. The van der Waals surface area contributed by atoms with Crippen LogP contribution in [0.25, 0.3) is 0 Å². The summed E-state index contributed by atoms with van der Waals surface area (Å²) in [5.74, 6) is -0.404. The Hall–Kier alpha value is -2.50. The predicted octanol–water partition coefficient (Wildman–Crippen LogP) is 2.10. The molecule has 1 heterocycles. The first-order chi connectivity index (χ1) is 9.61. The number of carboxylic acid groups (broad SMARTS) is 1. The summed E-state index contributed by atoms with van der Waals surface area (Å²) in [5.41, 5.74) is 0.794. The molecule has 6 nitrogen and oxygen atoms in total. The van der Waals surface area contributed by atoms with Crippen molar-refractivity contribution in [1.82, 2.24) is 9.78 Å². The molecule has 0 aliphatic rings. The van der Waals surface area contributed by atoms with E-state index in [0.29, 0.717) is 12.4 Å². The Morgan fingerprint density at radius 2 is 2.15 bits per heavy atom. The number of aromatic nitrogens is 2. The van der Waals surface area contributed by atoms with Gasteiger partial charge in [0.25, 0.3) is 0 Å². The predicted molar refractivity (Wildman–Crippen MR) is 72.1 cm³/mol.